The van der Waals surface area contributed by atoms with E-state index < -0.39 is 0 Å². The number of carbonyl (C=O) groups is 2. The zero-order valence-corrected chi connectivity index (χ0v) is 14.5. The van der Waals surface area contributed by atoms with Gasteiger partial charge >= 0.3 is 0 Å². The van der Waals surface area contributed by atoms with Gasteiger partial charge in [0.2, 0.25) is 11.8 Å². The second-order valence-electron chi connectivity index (χ2n) is 6.23. The first-order valence-corrected chi connectivity index (χ1v) is 8.33. The summed E-state index contributed by atoms with van der Waals surface area (Å²) in [5.41, 5.74) is 1.89. The molecule has 130 valence electrons. The first kappa shape index (κ1) is 17.0. The Labute approximate surface area is 147 Å². The van der Waals surface area contributed by atoms with Crippen LogP contribution in [0.25, 0.3) is 0 Å². The van der Waals surface area contributed by atoms with E-state index in [1.807, 2.05) is 54.6 Å². The maximum Gasteiger partial charge on any atom is 0.233 e. The number of carbonyl (C=O) groups excluding carboxylic acids is 2. The molecule has 0 aliphatic carbocycles. The minimum Gasteiger partial charge on any atom is -0.497 e. The van der Waals surface area contributed by atoms with E-state index in [-0.39, 0.29) is 17.7 Å². The van der Waals surface area contributed by atoms with Gasteiger partial charge in [0.25, 0.3) is 0 Å². The van der Waals surface area contributed by atoms with E-state index >= 15 is 0 Å². The number of anilines is 1. The fourth-order valence-electron chi connectivity index (χ4n) is 2.94. The first-order valence-electron chi connectivity index (χ1n) is 8.33. The average molecular weight is 338 g/mol. The van der Waals surface area contributed by atoms with Crippen molar-refractivity contribution in [2.75, 3.05) is 25.1 Å². The molecule has 2 aromatic rings. The van der Waals surface area contributed by atoms with Gasteiger partial charge in [0, 0.05) is 25.7 Å². The number of methoxy groups -OCH3 is 1. The quantitative estimate of drug-likeness (QED) is 0.842. The van der Waals surface area contributed by atoms with E-state index in [9.17, 15) is 9.59 Å². The monoisotopic (exact) mass is 338 g/mol. The standard InChI is InChI=1S/C20H22N2O3/c1-15(23)21-13-17(14-21)20(24)22(12-16-6-4-3-5-7-16)18-8-10-19(25-2)11-9-18/h3-11,17H,12-14H2,1-2H3. The molecule has 0 radical (unpaired) electrons. The summed E-state index contributed by atoms with van der Waals surface area (Å²) in [6.07, 6.45) is 0. The average Bonchev–Trinajstić information content (AvgIpc) is 2.59. The lowest BCUT2D eigenvalue weighted by atomic mass is 9.97. The largest absolute Gasteiger partial charge is 0.497 e. The fraction of sp³-hybridized carbons (Fsp3) is 0.300. The highest BCUT2D eigenvalue weighted by molar-refractivity contribution is 5.96. The molecule has 0 unspecified atom stereocenters. The molecule has 5 heteroatoms. The van der Waals surface area contributed by atoms with Crippen molar-refractivity contribution in [3.05, 3.63) is 60.2 Å². The Hall–Kier alpha value is -2.82. The van der Waals surface area contributed by atoms with E-state index in [2.05, 4.69) is 0 Å². The molecule has 1 saturated heterocycles. The molecule has 0 saturated carbocycles. The lowest BCUT2D eigenvalue weighted by Gasteiger charge is -2.40. The third kappa shape index (κ3) is 3.82. The predicted octanol–water partition coefficient (Wildman–Crippen LogP) is 2.71. The van der Waals surface area contributed by atoms with Crippen LogP contribution in [0.2, 0.25) is 0 Å². The van der Waals surface area contributed by atoms with Crippen molar-refractivity contribution in [2.45, 2.75) is 13.5 Å². The molecule has 0 bridgehead atoms. The Morgan fingerprint density at radius 2 is 1.72 bits per heavy atom. The summed E-state index contributed by atoms with van der Waals surface area (Å²) in [5.74, 6) is 0.673. The van der Waals surface area contributed by atoms with Crippen molar-refractivity contribution >= 4 is 17.5 Å². The molecule has 2 aromatic carbocycles. The van der Waals surface area contributed by atoms with Gasteiger partial charge in [0.15, 0.2) is 0 Å². The van der Waals surface area contributed by atoms with Gasteiger partial charge in [-0.3, -0.25) is 9.59 Å². The maximum absolute atomic E-state index is 13.0. The van der Waals surface area contributed by atoms with Crippen molar-refractivity contribution in [3.63, 3.8) is 0 Å². The van der Waals surface area contributed by atoms with Gasteiger partial charge in [0.1, 0.15) is 5.75 Å². The van der Waals surface area contributed by atoms with Gasteiger partial charge in [-0.15, -0.1) is 0 Å². The van der Waals surface area contributed by atoms with Crippen LogP contribution in [0.3, 0.4) is 0 Å². The molecule has 3 rings (SSSR count). The second-order valence-corrected chi connectivity index (χ2v) is 6.23. The molecule has 0 atom stereocenters. The van der Waals surface area contributed by atoms with Crippen LogP contribution in [-0.2, 0) is 16.1 Å². The van der Waals surface area contributed by atoms with Gasteiger partial charge in [-0.2, -0.15) is 0 Å². The Bertz CT molecular complexity index is 737. The van der Waals surface area contributed by atoms with Crippen molar-refractivity contribution in [2.24, 2.45) is 5.92 Å². The van der Waals surface area contributed by atoms with Crippen LogP contribution in [0.5, 0.6) is 5.75 Å². The maximum atomic E-state index is 13.0. The summed E-state index contributed by atoms with van der Waals surface area (Å²) in [4.78, 5) is 27.9. The zero-order chi connectivity index (χ0) is 17.8. The summed E-state index contributed by atoms with van der Waals surface area (Å²) in [6.45, 7) is 3.03. The van der Waals surface area contributed by atoms with Gasteiger partial charge in [0.05, 0.1) is 19.6 Å². The van der Waals surface area contributed by atoms with E-state index in [1.54, 1.807) is 16.9 Å². The molecule has 25 heavy (non-hydrogen) atoms. The normalized spacial score (nSPS) is 13.9. The van der Waals surface area contributed by atoms with Crippen molar-refractivity contribution in [1.29, 1.82) is 0 Å². The molecule has 1 fully saturated rings. The number of ether oxygens (including phenoxy) is 1. The Kier molecular flexibility index (Phi) is 5.03. The minimum absolute atomic E-state index is 0.0168. The molecule has 1 aliphatic rings. The van der Waals surface area contributed by atoms with Crippen molar-refractivity contribution in [1.82, 2.24) is 4.90 Å². The molecule has 5 nitrogen and oxygen atoms in total. The molecule has 1 aliphatic heterocycles. The molecule has 0 aromatic heterocycles. The predicted molar refractivity (Wildman–Crippen MR) is 96.4 cm³/mol. The molecule has 0 N–H and O–H groups in total. The number of amides is 2. The van der Waals surface area contributed by atoms with Crippen LogP contribution < -0.4 is 9.64 Å². The number of benzene rings is 2. The van der Waals surface area contributed by atoms with Crippen LogP contribution in [0.4, 0.5) is 5.69 Å². The summed E-state index contributed by atoms with van der Waals surface area (Å²) in [6, 6.07) is 17.4. The Morgan fingerprint density at radius 3 is 2.28 bits per heavy atom. The fourth-order valence-corrected chi connectivity index (χ4v) is 2.94. The Morgan fingerprint density at radius 1 is 1.08 bits per heavy atom. The van der Waals surface area contributed by atoms with Gasteiger partial charge in [-0.25, -0.2) is 0 Å². The highest BCUT2D eigenvalue weighted by Gasteiger charge is 2.37. The van der Waals surface area contributed by atoms with E-state index in [0.717, 1.165) is 17.0 Å². The second kappa shape index (κ2) is 7.38. The summed E-state index contributed by atoms with van der Waals surface area (Å²) < 4.78 is 5.20. The summed E-state index contributed by atoms with van der Waals surface area (Å²) in [5, 5.41) is 0. The van der Waals surface area contributed by atoms with Gasteiger partial charge in [-0.05, 0) is 29.8 Å². The Balaban J connectivity index is 1.81. The minimum atomic E-state index is -0.144. The lowest BCUT2D eigenvalue weighted by Crippen LogP contribution is -2.55. The third-order valence-corrected chi connectivity index (χ3v) is 4.51. The van der Waals surface area contributed by atoms with Crippen LogP contribution in [0, 0.1) is 5.92 Å². The van der Waals surface area contributed by atoms with Crippen molar-refractivity contribution in [3.8, 4) is 5.75 Å². The third-order valence-electron chi connectivity index (χ3n) is 4.51. The molecule has 2 amide bonds. The van der Waals surface area contributed by atoms with Crippen LogP contribution >= 0.6 is 0 Å². The molecular weight excluding hydrogens is 316 g/mol. The zero-order valence-electron chi connectivity index (χ0n) is 14.5. The molecule has 0 spiro atoms. The van der Waals surface area contributed by atoms with Crippen molar-refractivity contribution < 1.29 is 14.3 Å². The number of hydrogen-bond acceptors (Lipinski definition) is 3. The van der Waals surface area contributed by atoms with Crippen LogP contribution in [0.1, 0.15) is 12.5 Å². The molecule has 1 heterocycles. The van der Waals surface area contributed by atoms with E-state index in [0.29, 0.717) is 19.6 Å². The summed E-state index contributed by atoms with van der Waals surface area (Å²) in [7, 11) is 1.62. The molecular formula is C20H22N2O3. The van der Waals surface area contributed by atoms with Gasteiger partial charge in [-0.1, -0.05) is 30.3 Å². The number of nitrogens with zero attached hydrogens (tertiary/aromatic N) is 2. The van der Waals surface area contributed by atoms with E-state index in [4.69, 9.17) is 4.74 Å². The lowest BCUT2D eigenvalue weighted by molar-refractivity contribution is -0.140. The topological polar surface area (TPSA) is 49.9 Å². The van der Waals surface area contributed by atoms with E-state index in [1.165, 1.54) is 6.92 Å². The smallest absolute Gasteiger partial charge is 0.233 e. The number of hydrogen-bond donors (Lipinski definition) is 0. The van der Waals surface area contributed by atoms with Crippen LogP contribution in [-0.4, -0.2) is 36.9 Å². The first-order chi connectivity index (χ1) is 12.1. The van der Waals surface area contributed by atoms with Crippen LogP contribution in [0.15, 0.2) is 54.6 Å². The van der Waals surface area contributed by atoms with Gasteiger partial charge < -0.3 is 14.5 Å². The highest BCUT2D eigenvalue weighted by atomic mass is 16.5. The SMILES string of the molecule is COc1ccc(N(Cc2ccccc2)C(=O)C2CN(C(C)=O)C2)cc1. The number of likely N-dealkylation sites (tertiary alicyclic amines) is 1. The summed E-state index contributed by atoms with van der Waals surface area (Å²) >= 11 is 0. The number of rotatable bonds is 5. The highest BCUT2D eigenvalue weighted by Crippen LogP contribution is 2.26.